The highest BCUT2D eigenvalue weighted by Gasteiger charge is 2.11. The van der Waals surface area contributed by atoms with Gasteiger partial charge >= 0.3 is 0 Å². The van der Waals surface area contributed by atoms with Crippen LogP contribution in [0.2, 0.25) is 0 Å². The molecule has 5 nitrogen and oxygen atoms in total. The van der Waals surface area contributed by atoms with Crippen molar-refractivity contribution in [1.29, 1.82) is 0 Å². The lowest BCUT2D eigenvalue weighted by atomic mass is 10.2. The molecule has 2 aromatic rings. The Morgan fingerprint density at radius 3 is 2.89 bits per heavy atom. The van der Waals surface area contributed by atoms with Crippen molar-refractivity contribution in [3.63, 3.8) is 0 Å². The van der Waals surface area contributed by atoms with E-state index in [1.807, 2.05) is 18.5 Å². The summed E-state index contributed by atoms with van der Waals surface area (Å²) in [7, 11) is 1.74. The highest BCUT2D eigenvalue weighted by Crippen LogP contribution is 2.14. The average Bonchev–Trinajstić information content (AvgIpc) is 2.89. The van der Waals surface area contributed by atoms with Gasteiger partial charge < -0.3 is 15.6 Å². The normalized spacial score (nSPS) is 10.3. The van der Waals surface area contributed by atoms with Gasteiger partial charge in [-0.2, -0.15) is 0 Å². The Morgan fingerprint density at radius 2 is 2.28 bits per heavy atom. The van der Waals surface area contributed by atoms with Crippen LogP contribution in [0.3, 0.4) is 0 Å². The quantitative estimate of drug-likeness (QED) is 0.857. The van der Waals surface area contributed by atoms with E-state index in [-0.39, 0.29) is 5.91 Å². The van der Waals surface area contributed by atoms with Crippen LogP contribution in [-0.4, -0.2) is 22.9 Å². The molecule has 2 aromatic heterocycles. The van der Waals surface area contributed by atoms with E-state index in [1.54, 1.807) is 30.3 Å². The van der Waals surface area contributed by atoms with Crippen LogP contribution in [0.4, 0.5) is 11.5 Å². The Balaban J connectivity index is 1.94. The zero-order valence-electron chi connectivity index (χ0n) is 10.3. The van der Waals surface area contributed by atoms with Crippen LogP contribution in [0.1, 0.15) is 12.0 Å². The van der Waals surface area contributed by atoms with Gasteiger partial charge in [-0.25, -0.2) is 4.98 Å². The van der Waals surface area contributed by atoms with Crippen LogP contribution >= 0.6 is 0 Å². The predicted molar refractivity (Wildman–Crippen MR) is 71.2 cm³/mol. The van der Waals surface area contributed by atoms with Gasteiger partial charge in [-0.15, -0.1) is 0 Å². The molecule has 0 aliphatic carbocycles. The van der Waals surface area contributed by atoms with E-state index >= 15 is 0 Å². The maximum absolute atomic E-state index is 12.0. The van der Waals surface area contributed by atoms with E-state index in [4.69, 9.17) is 5.73 Å². The summed E-state index contributed by atoms with van der Waals surface area (Å²) in [5, 5.41) is 0. The number of carbonyl (C=O) groups excluding carboxylic acids is 1. The van der Waals surface area contributed by atoms with Gasteiger partial charge in [-0.05, 0) is 30.2 Å². The minimum Gasteiger partial charge on any atom is -0.384 e. The number of nitrogens with two attached hydrogens (primary N) is 1. The summed E-state index contributed by atoms with van der Waals surface area (Å²) in [6, 6.07) is 5.44. The molecule has 0 spiro atoms. The summed E-state index contributed by atoms with van der Waals surface area (Å²) >= 11 is 0. The number of nitrogens with one attached hydrogen (secondary N) is 1. The highest BCUT2D eigenvalue weighted by molar-refractivity contribution is 5.92. The van der Waals surface area contributed by atoms with Gasteiger partial charge in [0.05, 0.1) is 11.9 Å². The van der Waals surface area contributed by atoms with Crippen molar-refractivity contribution in [2.24, 2.45) is 0 Å². The number of pyridine rings is 1. The number of hydrogen-bond donors (Lipinski definition) is 2. The number of hydrogen-bond acceptors (Lipinski definition) is 3. The summed E-state index contributed by atoms with van der Waals surface area (Å²) in [6.45, 7) is 0. The Morgan fingerprint density at radius 1 is 1.44 bits per heavy atom. The number of rotatable bonds is 4. The summed E-state index contributed by atoms with van der Waals surface area (Å²) in [5.41, 5.74) is 7.39. The Hall–Kier alpha value is -2.30. The number of H-pyrrole nitrogens is 1. The molecule has 1 amide bonds. The molecule has 0 aromatic carbocycles. The topological polar surface area (TPSA) is 75.0 Å². The molecule has 0 aliphatic heterocycles. The van der Waals surface area contributed by atoms with Gasteiger partial charge in [-0.3, -0.25) is 4.79 Å². The van der Waals surface area contributed by atoms with Crippen LogP contribution < -0.4 is 10.6 Å². The monoisotopic (exact) mass is 244 g/mol. The van der Waals surface area contributed by atoms with Gasteiger partial charge in [0.1, 0.15) is 5.82 Å². The van der Waals surface area contributed by atoms with Crippen molar-refractivity contribution in [1.82, 2.24) is 9.97 Å². The minimum absolute atomic E-state index is 0.0581. The highest BCUT2D eigenvalue weighted by atomic mass is 16.2. The van der Waals surface area contributed by atoms with Gasteiger partial charge in [0, 0.05) is 25.9 Å². The second-order valence-corrected chi connectivity index (χ2v) is 4.11. The molecule has 0 bridgehead atoms. The van der Waals surface area contributed by atoms with Crippen molar-refractivity contribution in [2.75, 3.05) is 17.7 Å². The lowest BCUT2D eigenvalue weighted by Crippen LogP contribution is -2.26. The maximum atomic E-state index is 12.0. The van der Waals surface area contributed by atoms with Crippen molar-refractivity contribution in [3.05, 3.63) is 42.4 Å². The van der Waals surface area contributed by atoms with Crippen molar-refractivity contribution < 1.29 is 4.79 Å². The maximum Gasteiger partial charge on any atom is 0.227 e. The standard InChI is InChI=1S/C13H16N4O/c1-17(11-3-4-12(14)16-9-11)13(18)5-2-10-6-7-15-8-10/h3-4,6-9,15H,2,5H2,1H3,(H2,14,16). The molecule has 3 N–H and O–H groups in total. The fraction of sp³-hybridized carbons (Fsp3) is 0.231. The third-order valence-corrected chi connectivity index (χ3v) is 2.82. The van der Waals surface area contributed by atoms with Crippen LogP contribution in [0.5, 0.6) is 0 Å². The van der Waals surface area contributed by atoms with Crippen LogP contribution in [0.15, 0.2) is 36.8 Å². The second kappa shape index (κ2) is 5.35. The number of aromatic nitrogens is 2. The van der Waals surface area contributed by atoms with Crippen LogP contribution in [-0.2, 0) is 11.2 Å². The first-order chi connectivity index (χ1) is 8.66. The van der Waals surface area contributed by atoms with E-state index in [2.05, 4.69) is 9.97 Å². The van der Waals surface area contributed by atoms with E-state index < -0.39 is 0 Å². The number of nitrogen functional groups attached to an aromatic ring is 1. The lowest BCUT2D eigenvalue weighted by molar-refractivity contribution is -0.118. The zero-order valence-corrected chi connectivity index (χ0v) is 10.3. The third-order valence-electron chi connectivity index (χ3n) is 2.82. The first kappa shape index (κ1) is 12.2. The molecule has 0 radical (unpaired) electrons. The predicted octanol–water partition coefficient (Wildman–Crippen LogP) is 1.59. The number of aromatic amines is 1. The molecule has 0 saturated carbocycles. The molecule has 0 unspecified atom stereocenters. The van der Waals surface area contributed by atoms with Crippen molar-refractivity contribution in [3.8, 4) is 0 Å². The fourth-order valence-corrected chi connectivity index (χ4v) is 1.67. The number of nitrogens with zero attached hydrogens (tertiary/aromatic N) is 2. The first-order valence-electron chi connectivity index (χ1n) is 5.76. The molecular weight excluding hydrogens is 228 g/mol. The van der Waals surface area contributed by atoms with E-state index in [9.17, 15) is 4.79 Å². The zero-order chi connectivity index (χ0) is 13.0. The second-order valence-electron chi connectivity index (χ2n) is 4.11. The van der Waals surface area contributed by atoms with E-state index in [1.165, 1.54) is 0 Å². The molecule has 2 heterocycles. The molecule has 0 saturated heterocycles. The molecule has 5 heteroatoms. The number of anilines is 2. The van der Waals surface area contributed by atoms with E-state index in [0.717, 1.165) is 17.7 Å². The van der Waals surface area contributed by atoms with Crippen molar-refractivity contribution in [2.45, 2.75) is 12.8 Å². The molecular formula is C13H16N4O. The summed E-state index contributed by atoms with van der Waals surface area (Å²) in [6.07, 6.45) is 6.56. The Bertz CT molecular complexity index is 504. The Kier molecular flexibility index (Phi) is 3.62. The summed E-state index contributed by atoms with van der Waals surface area (Å²) in [5.74, 6) is 0.509. The summed E-state index contributed by atoms with van der Waals surface area (Å²) < 4.78 is 0. The molecule has 0 atom stereocenters. The number of aryl methyl sites for hydroxylation is 1. The molecule has 18 heavy (non-hydrogen) atoms. The van der Waals surface area contributed by atoms with Gasteiger partial charge in [0.2, 0.25) is 5.91 Å². The fourth-order valence-electron chi connectivity index (χ4n) is 1.67. The molecule has 0 fully saturated rings. The largest absolute Gasteiger partial charge is 0.384 e. The van der Waals surface area contributed by atoms with Gasteiger partial charge in [-0.1, -0.05) is 0 Å². The SMILES string of the molecule is CN(C(=O)CCc1cc[nH]c1)c1ccc(N)nc1. The van der Waals surface area contributed by atoms with Gasteiger partial charge in [0.15, 0.2) is 0 Å². The van der Waals surface area contributed by atoms with Crippen molar-refractivity contribution >= 4 is 17.4 Å². The number of amides is 1. The van der Waals surface area contributed by atoms with Crippen LogP contribution in [0.25, 0.3) is 0 Å². The van der Waals surface area contributed by atoms with E-state index in [0.29, 0.717) is 12.2 Å². The molecule has 2 rings (SSSR count). The van der Waals surface area contributed by atoms with Crippen LogP contribution in [0, 0.1) is 0 Å². The summed E-state index contributed by atoms with van der Waals surface area (Å²) in [4.78, 5) is 20.5. The third kappa shape index (κ3) is 2.88. The molecule has 0 aliphatic rings. The first-order valence-corrected chi connectivity index (χ1v) is 5.76. The Labute approximate surface area is 106 Å². The lowest BCUT2D eigenvalue weighted by Gasteiger charge is -2.16. The smallest absolute Gasteiger partial charge is 0.227 e. The molecule has 94 valence electrons. The van der Waals surface area contributed by atoms with Gasteiger partial charge in [0.25, 0.3) is 0 Å². The minimum atomic E-state index is 0.0581. The average molecular weight is 244 g/mol. The number of carbonyl (C=O) groups is 1.